The molecule has 128 valence electrons. The van der Waals surface area contributed by atoms with Crippen LogP contribution in [0.1, 0.15) is 34.6 Å². The summed E-state index contributed by atoms with van der Waals surface area (Å²) in [6, 6.07) is 0. The average molecular weight is 324 g/mol. The summed E-state index contributed by atoms with van der Waals surface area (Å²) in [5, 5.41) is 23.9. The summed E-state index contributed by atoms with van der Waals surface area (Å²) in [7, 11) is 0. The predicted molar refractivity (Wildman–Crippen MR) is 70.6 cm³/mol. The largest absolute Gasteiger partial charge is 0.479 e. The number of rotatable bonds is 3. The van der Waals surface area contributed by atoms with Crippen molar-refractivity contribution in [3.63, 3.8) is 0 Å². The molecular weight excluding hydrogens is 304 g/mol. The van der Waals surface area contributed by atoms with Crippen molar-refractivity contribution in [1.82, 2.24) is 0 Å². The third-order valence-electron chi connectivity index (χ3n) is 1.34. The fraction of sp³-hybridized carbons (Fsp3) is 0.583. The number of carboxylic acids is 2. The quantitative estimate of drug-likeness (QED) is 0.458. The first kappa shape index (κ1) is 24.5. The first-order valence-corrected chi connectivity index (χ1v) is 5.81. The molecule has 22 heavy (non-hydrogen) atoms. The van der Waals surface area contributed by atoms with Crippen LogP contribution in [0.4, 0.5) is 0 Å². The second-order valence-corrected chi connectivity index (χ2v) is 3.69. The molecule has 0 saturated heterocycles. The second-order valence-electron chi connectivity index (χ2n) is 3.69. The smallest absolute Gasteiger partial charge is 0.344 e. The van der Waals surface area contributed by atoms with Gasteiger partial charge < -0.3 is 24.8 Å². The molecule has 0 fully saturated rings. The van der Waals surface area contributed by atoms with Crippen molar-refractivity contribution in [1.29, 1.82) is 0 Å². The van der Waals surface area contributed by atoms with Crippen LogP contribution in [0.2, 0.25) is 0 Å². The highest BCUT2D eigenvalue weighted by atomic mass is 16.6. The highest BCUT2D eigenvalue weighted by molar-refractivity contribution is 5.82. The molecule has 10 nitrogen and oxygen atoms in total. The Kier molecular flexibility index (Phi) is 15.0. The van der Waals surface area contributed by atoms with E-state index in [2.05, 4.69) is 9.47 Å². The van der Waals surface area contributed by atoms with Crippen LogP contribution < -0.4 is 0 Å². The van der Waals surface area contributed by atoms with Crippen LogP contribution in [0, 0.1) is 0 Å². The molecule has 0 bridgehead atoms. The van der Waals surface area contributed by atoms with Gasteiger partial charge in [0.25, 0.3) is 0 Å². The summed E-state index contributed by atoms with van der Waals surface area (Å²) in [5.74, 6) is -4.02. The average Bonchev–Trinajstić information content (AvgIpc) is 2.27. The van der Waals surface area contributed by atoms with Gasteiger partial charge in [-0.1, -0.05) is 0 Å². The normalized spacial score (nSPS) is 11.2. The first-order chi connectivity index (χ1) is 9.81. The molecule has 3 N–H and O–H groups in total. The molecule has 0 aromatic carbocycles. The summed E-state index contributed by atoms with van der Waals surface area (Å²) in [4.78, 5) is 49.1. The van der Waals surface area contributed by atoms with Crippen LogP contribution in [0.25, 0.3) is 0 Å². The van der Waals surface area contributed by atoms with Crippen LogP contribution in [-0.4, -0.2) is 57.4 Å². The topological polar surface area (TPSA) is 164 Å². The third kappa shape index (κ3) is 26.1. The van der Waals surface area contributed by atoms with E-state index in [1.165, 1.54) is 34.6 Å². The minimum atomic E-state index is -1.23. The van der Waals surface area contributed by atoms with Crippen LogP contribution in [-0.2, 0) is 33.4 Å². The Balaban J connectivity index is -0.000000252. The lowest BCUT2D eigenvalue weighted by Crippen LogP contribution is -2.21. The van der Waals surface area contributed by atoms with Crippen molar-refractivity contribution < 1.29 is 48.8 Å². The van der Waals surface area contributed by atoms with Gasteiger partial charge in [-0.25, -0.2) is 9.59 Å². The Morgan fingerprint density at radius 3 is 1.14 bits per heavy atom. The number of carbonyl (C=O) groups is 5. The van der Waals surface area contributed by atoms with Gasteiger partial charge in [-0.15, -0.1) is 0 Å². The van der Waals surface area contributed by atoms with Crippen molar-refractivity contribution in [3.05, 3.63) is 0 Å². The van der Waals surface area contributed by atoms with Crippen molar-refractivity contribution in [2.45, 2.75) is 46.8 Å². The fourth-order valence-corrected chi connectivity index (χ4v) is 0.502. The Bertz CT molecular complexity index is 387. The summed E-state index contributed by atoms with van der Waals surface area (Å²) < 4.78 is 8.25. The van der Waals surface area contributed by atoms with Gasteiger partial charge in [-0.3, -0.25) is 14.4 Å². The zero-order valence-corrected chi connectivity index (χ0v) is 12.9. The molecule has 0 aliphatic rings. The molecule has 0 spiro atoms. The van der Waals surface area contributed by atoms with E-state index in [0.717, 1.165) is 0 Å². The van der Waals surface area contributed by atoms with E-state index in [1.807, 2.05) is 0 Å². The highest BCUT2D eigenvalue weighted by Gasteiger charge is 2.12. The lowest BCUT2D eigenvalue weighted by molar-refractivity contribution is -0.161. The maximum atomic E-state index is 10.1. The third-order valence-corrected chi connectivity index (χ3v) is 1.34. The molecule has 0 amide bonds. The van der Waals surface area contributed by atoms with Gasteiger partial charge in [0, 0.05) is 20.8 Å². The molecule has 0 rings (SSSR count). The summed E-state index contributed by atoms with van der Waals surface area (Å²) in [6.45, 7) is 6.02. The minimum absolute atomic E-state index is 0.562. The lowest BCUT2D eigenvalue weighted by Gasteiger charge is -2.04. The Hall–Kier alpha value is -2.49. The molecular formula is C12H20O10. The van der Waals surface area contributed by atoms with Crippen molar-refractivity contribution in [3.8, 4) is 0 Å². The van der Waals surface area contributed by atoms with Gasteiger partial charge in [0.2, 0.25) is 0 Å². The zero-order valence-electron chi connectivity index (χ0n) is 12.9. The van der Waals surface area contributed by atoms with Crippen molar-refractivity contribution in [2.75, 3.05) is 0 Å². The molecule has 10 heteroatoms. The van der Waals surface area contributed by atoms with E-state index in [-0.39, 0.29) is 0 Å². The van der Waals surface area contributed by atoms with Crippen molar-refractivity contribution in [2.24, 2.45) is 0 Å². The number of aliphatic hydroxyl groups excluding tert-OH is 1. The standard InChI is InChI=1S/C5H8O4.C4H6O3.C3H6O3/c1-3(5(7)8)9-4(2)6;1-3(5)7-4(2)6;1-2(4)3(5)6/h3H,1-2H3,(H,7,8);1-2H3;2,4H,1H3,(H,5,6). The Morgan fingerprint density at radius 1 is 0.773 bits per heavy atom. The molecule has 0 heterocycles. The SMILES string of the molecule is CC(=O)OC(C)=O.CC(=O)OC(C)C(=O)O.CC(O)C(=O)O. The van der Waals surface area contributed by atoms with Gasteiger partial charge in [0.05, 0.1) is 0 Å². The summed E-state index contributed by atoms with van der Waals surface area (Å²) in [5.41, 5.74) is 0. The number of esters is 3. The maximum Gasteiger partial charge on any atom is 0.344 e. The number of carbonyl (C=O) groups excluding carboxylic acids is 3. The maximum absolute atomic E-state index is 10.1. The van der Waals surface area contributed by atoms with E-state index in [0.29, 0.717) is 0 Å². The van der Waals surface area contributed by atoms with E-state index >= 15 is 0 Å². The Morgan fingerprint density at radius 2 is 1.09 bits per heavy atom. The lowest BCUT2D eigenvalue weighted by atomic mass is 10.4. The fourth-order valence-electron chi connectivity index (χ4n) is 0.502. The molecule has 2 unspecified atom stereocenters. The number of aliphatic carboxylic acids is 2. The zero-order chi connectivity index (χ0) is 18.5. The summed E-state index contributed by atoms with van der Waals surface area (Å²) in [6.07, 6.45) is -2.27. The van der Waals surface area contributed by atoms with Crippen LogP contribution >= 0.6 is 0 Å². The first-order valence-electron chi connectivity index (χ1n) is 5.81. The second kappa shape index (κ2) is 13.5. The van der Waals surface area contributed by atoms with Crippen molar-refractivity contribution >= 4 is 29.8 Å². The predicted octanol–water partition coefficient (Wildman–Crippen LogP) is -0.430. The van der Waals surface area contributed by atoms with Gasteiger partial charge >= 0.3 is 29.8 Å². The molecule has 0 aliphatic carbocycles. The molecule has 0 radical (unpaired) electrons. The van der Waals surface area contributed by atoms with E-state index < -0.39 is 42.1 Å². The number of hydrogen-bond acceptors (Lipinski definition) is 8. The number of aliphatic hydroxyl groups is 1. The van der Waals surface area contributed by atoms with Gasteiger partial charge in [0.1, 0.15) is 6.10 Å². The monoisotopic (exact) mass is 324 g/mol. The Labute approximate surface area is 126 Å². The van der Waals surface area contributed by atoms with E-state index in [1.54, 1.807) is 0 Å². The van der Waals surface area contributed by atoms with Crippen LogP contribution in [0.5, 0.6) is 0 Å². The molecule has 2 atom stereocenters. The van der Waals surface area contributed by atoms with Gasteiger partial charge in [-0.05, 0) is 13.8 Å². The van der Waals surface area contributed by atoms with E-state index in [4.69, 9.17) is 15.3 Å². The number of ether oxygens (including phenoxy) is 2. The summed E-state index contributed by atoms with van der Waals surface area (Å²) >= 11 is 0. The molecule has 0 saturated carbocycles. The van der Waals surface area contributed by atoms with E-state index in [9.17, 15) is 24.0 Å². The van der Waals surface area contributed by atoms with Crippen LogP contribution in [0.3, 0.4) is 0 Å². The van der Waals surface area contributed by atoms with Gasteiger partial charge in [0.15, 0.2) is 6.10 Å². The highest BCUT2D eigenvalue weighted by Crippen LogP contribution is 1.89. The number of hydrogen-bond donors (Lipinski definition) is 3. The minimum Gasteiger partial charge on any atom is -0.479 e. The van der Waals surface area contributed by atoms with Crippen LogP contribution in [0.15, 0.2) is 0 Å². The molecule has 0 aromatic heterocycles. The van der Waals surface area contributed by atoms with Gasteiger partial charge in [-0.2, -0.15) is 0 Å². The molecule has 0 aromatic rings. The molecule has 0 aliphatic heterocycles. The number of carboxylic acid groups (broad SMARTS) is 2.